The van der Waals surface area contributed by atoms with E-state index in [-0.39, 0.29) is 5.69 Å². The van der Waals surface area contributed by atoms with E-state index in [2.05, 4.69) is 21.2 Å². The maximum Gasteiger partial charge on any atom is 0.139 e. The summed E-state index contributed by atoms with van der Waals surface area (Å²) < 4.78 is 39.5. The van der Waals surface area contributed by atoms with E-state index >= 15 is 0 Å². The maximum absolute atomic E-state index is 13.2. The molecular weight excluding hydrogens is 333 g/mol. The molecule has 0 amide bonds. The standard InChI is InChI=1S/C14H12BrF3N2/c15-11-6-14(13(19)7-12(11)18)20-2-1-8-3-9(16)5-10(17)4-8/h3-7,20H,1-2,19H2. The van der Waals surface area contributed by atoms with Gasteiger partial charge in [0.1, 0.15) is 17.5 Å². The summed E-state index contributed by atoms with van der Waals surface area (Å²) in [5.41, 5.74) is 7.05. The zero-order valence-electron chi connectivity index (χ0n) is 10.4. The van der Waals surface area contributed by atoms with E-state index in [1.165, 1.54) is 24.3 Å². The van der Waals surface area contributed by atoms with Gasteiger partial charge in [-0.05, 0) is 46.1 Å². The van der Waals surface area contributed by atoms with Crippen molar-refractivity contribution in [1.29, 1.82) is 0 Å². The Morgan fingerprint density at radius 3 is 2.30 bits per heavy atom. The van der Waals surface area contributed by atoms with E-state index in [9.17, 15) is 13.2 Å². The molecule has 106 valence electrons. The Balaban J connectivity index is 2.01. The van der Waals surface area contributed by atoms with Gasteiger partial charge in [-0.1, -0.05) is 0 Å². The third-order valence-electron chi connectivity index (χ3n) is 2.74. The van der Waals surface area contributed by atoms with Crippen molar-refractivity contribution in [3.8, 4) is 0 Å². The van der Waals surface area contributed by atoms with Gasteiger partial charge in [-0.15, -0.1) is 0 Å². The molecule has 0 bridgehead atoms. The van der Waals surface area contributed by atoms with E-state index in [4.69, 9.17) is 5.73 Å². The van der Waals surface area contributed by atoms with Crippen LogP contribution in [0.25, 0.3) is 0 Å². The minimum atomic E-state index is -0.607. The van der Waals surface area contributed by atoms with Gasteiger partial charge in [-0.25, -0.2) is 13.2 Å². The molecule has 0 unspecified atom stereocenters. The minimum Gasteiger partial charge on any atom is -0.397 e. The van der Waals surface area contributed by atoms with E-state index in [1.807, 2.05) is 0 Å². The van der Waals surface area contributed by atoms with Crippen LogP contribution in [0.3, 0.4) is 0 Å². The number of nitrogen functional groups attached to an aromatic ring is 1. The number of nitrogens with two attached hydrogens (primary N) is 1. The van der Waals surface area contributed by atoms with Crippen molar-refractivity contribution in [3.63, 3.8) is 0 Å². The van der Waals surface area contributed by atoms with Gasteiger partial charge >= 0.3 is 0 Å². The molecule has 0 atom stereocenters. The SMILES string of the molecule is Nc1cc(F)c(Br)cc1NCCc1cc(F)cc(F)c1. The largest absolute Gasteiger partial charge is 0.397 e. The fourth-order valence-electron chi connectivity index (χ4n) is 1.81. The molecule has 0 aliphatic heterocycles. The van der Waals surface area contributed by atoms with E-state index < -0.39 is 17.5 Å². The molecule has 0 aliphatic rings. The van der Waals surface area contributed by atoms with Crippen molar-refractivity contribution in [2.45, 2.75) is 6.42 Å². The van der Waals surface area contributed by atoms with E-state index in [0.29, 0.717) is 28.7 Å². The summed E-state index contributed by atoms with van der Waals surface area (Å²) in [5, 5.41) is 3.00. The van der Waals surface area contributed by atoms with Gasteiger partial charge in [-0.3, -0.25) is 0 Å². The first-order valence-electron chi connectivity index (χ1n) is 5.89. The van der Waals surface area contributed by atoms with Gasteiger partial charge in [0.05, 0.1) is 15.8 Å². The molecule has 0 radical (unpaired) electrons. The molecule has 0 heterocycles. The first-order chi connectivity index (χ1) is 9.45. The Morgan fingerprint density at radius 1 is 1.00 bits per heavy atom. The second-order valence-electron chi connectivity index (χ2n) is 4.31. The molecule has 0 aliphatic carbocycles. The normalized spacial score (nSPS) is 10.6. The highest BCUT2D eigenvalue weighted by atomic mass is 79.9. The van der Waals surface area contributed by atoms with E-state index in [1.54, 1.807) is 0 Å². The van der Waals surface area contributed by atoms with Crippen LogP contribution in [0.5, 0.6) is 0 Å². The van der Waals surface area contributed by atoms with Crippen LogP contribution in [0, 0.1) is 17.5 Å². The van der Waals surface area contributed by atoms with Crippen molar-refractivity contribution < 1.29 is 13.2 Å². The summed E-state index contributed by atoms with van der Waals surface area (Å²) in [5.74, 6) is -1.66. The topological polar surface area (TPSA) is 38.0 Å². The molecule has 0 saturated carbocycles. The molecule has 2 nitrogen and oxygen atoms in total. The quantitative estimate of drug-likeness (QED) is 0.819. The number of anilines is 2. The van der Waals surface area contributed by atoms with Crippen LogP contribution in [0.15, 0.2) is 34.8 Å². The van der Waals surface area contributed by atoms with Crippen molar-refractivity contribution in [3.05, 3.63) is 57.8 Å². The fourth-order valence-corrected chi connectivity index (χ4v) is 2.16. The van der Waals surface area contributed by atoms with Crippen LogP contribution in [-0.2, 0) is 6.42 Å². The zero-order chi connectivity index (χ0) is 14.7. The second-order valence-corrected chi connectivity index (χ2v) is 5.16. The van der Waals surface area contributed by atoms with Gasteiger partial charge in [0.2, 0.25) is 0 Å². The van der Waals surface area contributed by atoms with Gasteiger partial charge < -0.3 is 11.1 Å². The van der Waals surface area contributed by atoms with Crippen molar-refractivity contribution >= 4 is 27.3 Å². The fraction of sp³-hybridized carbons (Fsp3) is 0.143. The summed E-state index contributed by atoms with van der Waals surface area (Å²) >= 11 is 3.07. The Morgan fingerprint density at radius 2 is 1.65 bits per heavy atom. The third kappa shape index (κ3) is 3.66. The smallest absolute Gasteiger partial charge is 0.139 e. The number of halogens is 4. The first kappa shape index (κ1) is 14.7. The average Bonchev–Trinajstić information content (AvgIpc) is 2.34. The second kappa shape index (κ2) is 6.17. The minimum absolute atomic E-state index is 0.274. The first-order valence-corrected chi connectivity index (χ1v) is 6.68. The lowest BCUT2D eigenvalue weighted by molar-refractivity contribution is 0.580. The Hall–Kier alpha value is -1.69. The highest BCUT2D eigenvalue weighted by Gasteiger charge is 2.06. The third-order valence-corrected chi connectivity index (χ3v) is 3.35. The summed E-state index contributed by atoms with van der Waals surface area (Å²) in [6.45, 7) is 0.422. The van der Waals surface area contributed by atoms with Crippen molar-refractivity contribution in [1.82, 2.24) is 0 Å². The monoisotopic (exact) mass is 344 g/mol. The van der Waals surface area contributed by atoms with Crippen LogP contribution in [-0.4, -0.2) is 6.54 Å². The molecule has 2 rings (SSSR count). The van der Waals surface area contributed by atoms with Crippen LogP contribution in [0.2, 0.25) is 0 Å². The van der Waals surface area contributed by atoms with Gasteiger partial charge in [-0.2, -0.15) is 0 Å². The lowest BCUT2D eigenvalue weighted by atomic mass is 10.1. The number of rotatable bonds is 4. The summed E-state index contributed by atoms with van der Waals surface area (Å²) in [7, 11) is 0. The van der Waals surface area contributed by atoms with Crippen LogP contribution in [0.4, 0.5) is 24.5 Å². The summed E-state index contributed by atoms with van der Waals surface area (Å²) in [6.07, 6.45) is 0.420. The van der Waals surface area contributed by atoms with Crippen LogP contribution >= 0.6 is 15.9 Å². The number of benzene rings is 2. The van der Waals surface area contributed by atoms with E-state index in [0.717, 1.165) is 6.07 Å². The van der Waals surface area contributed by atoms with Gasteiger partial charge in [0.25, 0.3) is 0 Å². The molecule has 2 aromatic rings. The predicted molar refractivity (Wildman–Crippen MR) is 77.1 cm³/mol. The molecule has 20 heavy (non-hydrogen) atoms. The molecule has 2 aromatic carbocycles. The molecule has 0 aromatic heterocycles. The molecule has 6 heteroatoms. The zero-order valence-corrected chi connectivity index (χ0v) is 12.0. The number of nitrogens with one attached hydrogen (secondary N) is 1. The Kier molecular flexibility index (Phi) is 4.54. The molecule has 0 saturated heterocycles. The molecule has 0 fully saturated rings. The van der Waals surface area contributed by atoms with Gasteiger partial charge in [0.15, 0.2) is 0 Å². The van der Waals surface area contributed by atoms with Crippen LogP contribution in [0.1, 0.15) is 5.56 Å². The van der Waals surface area contributed by atoms with Crippen molar-refractivity contribution in [2.24, 2.45) is 0 Å². The Bertz CT molecular complexity index is 612. The predicted octanol–water partition coefficient (Wildman–Crippen LogP) is 4.10. The molecule has 0 spiro atoms. The summed E-state index contributed by atoms with van der Waals surface area (Å²) in [6, 6.07) is 6.10. The van der Waals surface area contributed by atoms with Crippen LogP contribution < -0.4 is 11.1 Å². The highest BCUT2D eigenvalue weighted by molar-refractivity contribution is 9.10. The van der Waals surface area contributed by atoms with Gasteiger partial charge in [0, 0.05) is 18.7 Å². The molecule has 3 N–H and O–H groups in total. The highest BCUT2D eigenvalue weighted by Crippen LogP contribution is 2.26. The number of hydrogen-bond acceptors (Lipinski definition) is 2. The maximum atomic E-state index is 13.2. The lowest BCUT2D eigenvalue weighted by Crippen LogP contribution is -2.07. The van der Waals surface area contributed by atoms with Crippen molar-refractivity contribution in [2.75, 3.05) is 17.6 Å². The lowest BCUT2D eigenvalue weighted by Gasteiger charge is -2.10. The number of hydrogen-bond donors (Lipinski definition) is 2. The average molecular weight is 345 g/mol. The Labute approximate surface area is 122 Å². The summed E-state index contributed by atoms with van der Waals surface area (Å²) in [4.78, 5) is 0. The molecular formula is C14H12BrF3N2.